The summed E-state index contributed by atoms with van der Waals surface area (Å²) in [5, 5.41) is 0. The summed E-state index contributed by atoms with van der Waals surface area (Å²) in [5.74, 6) is 0. The highest BCUT2D eigenvalue weighted by molar-refractivity contribution is 6.80. The van der Waals surface area contributed by atoms with Crippen molar-refractivity contribution in [3.8, 4) is 0 Å². The van der Waals surface area contributed by atoms with Gasteiger partial charge in [0.25, 0.3) is 0 Å². The number of rotatable bonds is 0. The van der Waals surface area contributed by atoms with Gasteiger partial charge in [0, 0.05) is 11.3 Å². The molecular weight excluding hydrogens is 98.9 g/mol. The van der Waals surface area contributed by atoms with Crippen LogP contribution in [0.25, 0.3) is 0 Å². The summed E-state index contributed by atoms with van der Waals surface area (Å²) in [5.41, 5.74) is 2.16. The van der Waals surface area contributed by atoms with Crippen molar-refractivity contribution >= 4 is 19.2 Å². The van der Waals surface area contributed by atoms with Gasteiger partial charge >= 0.3 is 0 Å². The van der Waals surface area contributed by atoms with Gasteiger partial charge in [0.05, 0.1) is 0 Å². The Balaban J connectivity index is 2.82. The molecule has 0 radical (unpaired) electrons. The van der Waals surface area contributed by atoms with Crippen LogP contribution >= 0.6 is 0 Å². The number of hydrogen-bond donors (Lipinski definition) is 0. The van der Waals surface area contributed by atoms with Crippen LogP contribution in [0.3, 0.4) is 0 Å². The van der Waals surface area contributed by atoms with Crippen LogP contribution in [0.4, 0.5) is 0 Å². The molecule has 8 heavy (non-hydrogen) atoms. The lowest BCUT2D eigenvalue weighted by Crippen LogP contribution is -2.04. The van der Waals surface area contributed by atoms with Gasteiger partial charge in [-0.2, -0.15) is 0 Å². The lowest BCUT2D eigenvalue weighted by atomic mass is 9.98. The minimum absolute atomic E-state index is 0.176. The third-order valence-corrected chi connectivity index (χ3v) is 1.28. The molecule has 1 aliphatic heterocycles. The van der Waals surface area contributed by atoms with Crippen molar-refractivity contribution in [2.24, 2.45) is 9.98 Å². The molecule has 0 spiro atoms. The summed E-state index contributed by atoms with van der Waals surface area (Å²) >= 11 is 0. The normalized spacial score (nSPS) is 27.5. The molecule has 1 aliphatic rings. The van der Waals surface area contributed by atoms with Gasteiger partial charge in [-0.05, 0) is 13.8 Å². The van der Waals surface area contributed by atoms with Crippen LogP contribution in [0.2, 0.25) is 0 Å². The average Bonchev–Trinajstić information content (AvgIpc) is 1.85. The van der Waals surface area contributed by atoms with Crippen molar-refractivity contribution in [2.75, 3.05) is 0 Å². The van der Waals surface area contributed by atoms with Crippen molar-refractivity contribution in [3.63, 3.8) is 0 Å². The summed E-state index contributed by atoms with van der Waals surface area (Å²) < 4.78 is 0. The molecule has 0 N–H and O–H groups in total. The van der Waals surface area contributed by atoms with Crippen LogP contribution in [0.15, 0.2) is 9.98 Å². The molecule has 0 saturated heterocycles. The number of aliphatic imine (C=N–C) groups is 2. The highest BCUT2D eigenvalue weighted by Gasteiger charge is 2.07. The highest BCUT2D eigenvalue weighted by atomic mass is 15.0. The van der Waals surface area contributed by atoms with Gasteiger partial charge in [0.2, 0.25) is 0 Å². The molecule has 0 bridgehead atoms. The van der Waals surface area contributed by atoms with Gasteiger partial charge in [-0.15, -0.1) is 0 Å². The first-order valence-electron chi connectivity index (χ1n) is 2.79. The predicted molar refractivity (Wildman–Crippen MR) is 38.6 cm³/mol. The standard InChI is InChI=1S/C5H9BN2/c1-3-5(6)8-4(2)7-3/h4H,6H2,1-2H3. The summed E-state index contributed by atoms with van der Waals surface area (Å²) in [4.78, 5) is 8.37. The van der Waals surface area contributed by atoms with E-state index < -0.39 is 0 Å². The Bertz CT molecular complexity index is 142. The first-order chi connectivity index (χ1) is 3.70. The first kappa shape index (κ1) is 5.54. The second-order valence-corrected chi connectivity index (χ2v) is 2.06. The van der Waals surface area contributed by atoms with Crippen molar-refractivity contribution in [1.82, 2.24) is 0 Å². The SMILES string of the molecule is BC1=NC(C)N=C1C. The quantitative estimate of drug-likeness (QED) is 0.385. The first-order valence-corrected chi connectivity index (χ1v) is 2.79. The van der Waals surface area contributed by atoms with E-state index in [-0.39, 0.29) is 6.17 Å². The maximum absolute atomic E-state index is 4.18. The molecular formula is C5H9BN2. The van der Waals surface area contributed by atoms with E-state index in [0.29, 0.717) is 0 Å². The Morgan fingerprint density at radius 2 is 2.12 bits per heavy atom. The summed E-state index contributed by atoms with van der Waals surface area (Å²) in [6.45, 7) is 3.97. The average molecular weight is 108 g/mol. The van der Waals surface area contributed by atoms with Crippen molar-refractivity contribution < 1.29 is 0 Å². The monoisotopic (exact) mass is 108 g/mol. The fourth-order valence-corrected chi connectivity index (χ4v) is 0.776. The molecule has 42 valence electrons. The molecule has 1 unspecified atom stereocenters. The molecule has 1 atom stereocenters. The molecule has 3 heteroatoms. The third kappa shape index (κ3) is 0.806. The molecule has 1 rings (SSSR count). The van der Waals surface area contributed by atoms with E-state index in [4.69, 9.17) is 0 Å². The fraction of sp³-hybridized carbons (Fsp3) is 0.600. The van der Waals surface area contributed by atoms with Crippen LogP contribution in [-0.2, 0) is 0 Å². The highest BCUT2D eigenvalue weighted by Crippen LogP contribution is 2.01. The van der Waals surface area contributed by atoms with E-state index >= 15 is 0 Å². The van der Waals surface area contributed by atoms with Crippen LogP contribution in [0.1, 0.15) is 13.8 Å². The maximum atomic E-state index is 4.18. The molecule has 0 fully saturated rings. The van der Waals surface area contributed by atoms with Gasteiger partial charge in [-0.1, -0.05) is 0 Å². The molecule has 0 aromatic rings. The van der Waals surface area contributed by atoms with Crippen molar-refractivity contribution in [3.05, 3.63) is 0 Å². The summed E-state index contributed by atoms with van der Waals surface area (Å²) in [6.07, 6.45) is 0.176. The molecule has 0 aromatic heterocycles. The second-order valence-electron chi connectivity index (χ2n) is 2.06. The van der Waals surface area contributed by atoms with E-state index in [1.807, 2.05) is 21.7 Å². The zero-order valence-electron chi connectivity index (χ0n) is 5.47. The number of nitrogens with zero attached hydrogens (tertiary/aromatic N) is 2. The van der Waals surface area contributed by atoms with E-state index in [1.165, 1.54) is 0 Å². The maximum Gasteiger partial charge on any atom is 0.165 e. The van der Waals surface area contributed by atoms with Gasteiger partial charge in [-0.25, -0.2) is 0 Å². The molecule has 0 aromatic carbocycles. The van der Waals surface area contributed by atoms with Crippen LogP contribution < -0.4 is 0 Å². The lowest BCUT2D eigenvalue weighted by molar-refractivity contribution is 0.815. The van der Waals surface area contributed by atoms with E-state index in [1.54, 1.807) is 0 Å². The molecule has 1 heterocycles. The van der Waals surface area contributed by atoms with E-state index in [2.05, 4.69) is 9.98 Å². The van der Waals surface area contributed by atoms with Gasteiger partial charge in [0.1, 0.15) is 6.17 Å². The zero-order valence-corrected chi connectivity index (χ0v) is 5.47. The molecule has 0 amide bonds. The largest absolute Gasteiger partial charge is 0.272 e. The summed E-state index contributed by atoms with van der Waals surface area (Å²) in [7, 11) is 1.99. The Kier molecular flexibility index (Phi) is 1.20. The fourth-order valence-electron chi connectivity index (χ4n) is 0.776. The Morgan fingerprint density at radius 3 is 2.25 bits per heavy atom. The Labute approximate surface area is 50.1 Å². The van der Waals surface area contributed by atoms with Crippen LogP contribution in [0, 0.1) is 0 Å². The minimum Gasteiger partial charge on any atom is -0.272 e. The molecule has 2 nitrogen and oxygen atoms in total. The number of hydrogen-bond acceptors (Lipinski definition) is 2. The Hall–Kier alpha value is -0.595. The smallest absolute Gasteiger partial charge is 0.165 e. The molecule has 0 saturated carbocycles. The predicted octanol–water partition coefficient (Wildman–Crippen LogP) is -0.162. The topological polar surface area (TPSA) is 24.7 Å². The second kappa shape index (κ2) is 1.73. The van der Waals surface area contributed by atoms with Crippen LogP contribution in [0.5, 0.6) is 0 Å². The van der Waals surface area contributed by atoms with Crippen molar-refractivity contribution in [1.29, 1.82) is 0 Å². The van der Waals surface area contributed by atoms with Gasteiger partial charge in [0.15, 0.2) is 7.85 Å². The van der Waals surface area contributed by atoms with E-state index in [9.17, 15) is 0 Å². The van der Waals surface area contributed by atoms with Crippen molar-refractivity contribution in [2.45, 2.75) is 20.0 Å². The Morgan fingerprint density at radius 1 is 1.50 bits per heavy atom. The van der Waals surface area contributed by atoms with Gasteiger partial charge in [-0.3, -0.25) is 9.98 Å². The minimum atomic E-state index is 0.176. The van der Waals surface area contributed by atoms with Crippen LogP contribution in [-0.4, -0.2) is 25.3 Å². The summed E-state index contributed by atoms with van der Waals surface area (Å²) in [6, 6.07) is 0. The third-order valence-electron chi connectivity index (χ3n) is 1.28. The van der Waals surface area contributed by atoms with E-state index in [0.717, 1.165) is 11.3 Å². The molecule has 0 aliphatic carbocycles. The van der Waals surface area contributed by atoms with Gasteiger partial charge < -0.3 is 0 Å². The lowest BCUT2D eigenvalue weighted by Gasteiger charge is -1.86. The zero-order chi connectivity index (χ0) is 6.15.